The highest BCUT2D eigenvalue weighted by atomic mass is 19.4. The van der Waals surface area contributed by atoms with Crippen LogP contribution in [-0.4, -0.2) is 30.6 Å². The number of carbonyl (C=O) groups is 1. The molecule has 0 saturated carbocycles. The summed E-state index contributed by atoms with van der Waals surface area (Å²) in [5.74, 6) is 0.366. The molecule has 180 valence electrons. The molecule has 0 saturated heterocycles. The molecule has 0 aliphatic carbocycles. The van der Waals surface area contributed by atoms with Gasteiger partial charge in [-0.2, -0.15) is 18.3 Å². The highest BCUT2D eigenvalue weighted by molar-refractivity contribution is 6.05. The van der Waals surface area contributed by atoms with Crippen molar-refractivity contribution in [3.63, 3.8) is 0 Å². The summed E-state index contributed by atoms with van der Waals surface area (Å²) < 4.78 is 40.6. The van der Waals surface area contributed by atoms with Gasteiger partial charge < -0.3 is 10.6 Å². The maximum absolute atomic E-state index is 13.0. The van der Waals surface area contributed by atoms with Gasteiger partial charge >= 0.3 is 6.18 Å². The monoisotopic (exact) mass is 489 g/mol. The van der Waals surface area contributed by atoms with E-state index in [-0.39, 0.29) is 11.3 Å². The number of amides is 1. The molecule has 2 N–H and O–H groups in total. The average molecular weight is 489 g/mol. The minimum Gasteiger partial charge on any atom is -0.339 e. The molecule has 0 aliphatic rings. The number of alkyl halides is 3. The number of nitrogens with one attached hydrogen (secondary N) is 2. The third-order valence-corrected chi connectivity index (χ3v) is 5.35. The van der Waals surface area contributed by atoms with Crippen LogP contribution in [0.5, 0.6) is 0 Å². The average Bonchev–Trinajstić information content (AvgIpc) is 3.25. The Bertz CT molecular complexity index is 1570. The van der Waals surface area contributed by atoms with E-state index in [9.17, 15) is 18.0 Å². The smallest absolute Gasteiger partial charge is 0.339 e. The van der Waals surface area contributed by atoms with E-state index in [1.54, 1.807) is 60.7 Å². The van der Waals surface area contributed by atoms with Gasteiger partial charge in [-0.15, -0.1) is 0 Å². The number of hydrogen-bond donors (Lipinski definition) is 2. The zero-order chi connectivity index (χ0) is 25.3. The normalized spacial score (nSPS) is 11.4. The zero-order valence-corrected chi connectivity index (χ0v) is 18.8. The SMILES string of the molecule is Cn1ncc2c(Nc3cccc(C(=O)Nc4cccc(C(F)(F)F)c4)c3)nc(-c3cccnc3)nc21. The molecule has 0 spiro atoms. The number of benzene rings is 2. The Hall–Kier alpha value is -4.80. The van der Waals surface area contributed by atoms with Crippen molar-refractivity contribution in [3.8, 4) is 11.4 Å². The van der Waals surface area contributed by atoms with E-state index < -0.39 is 17.6 Å². The Kier molecular flexibility index (Phi) is 5.80. The van der Waals surface area contributed by atoms with Crippen LogP contribution in [0, 0.1) is 0 Å². The molecule has 3 heterocycles. The lowest BCUT2D eigenvalue weighted by Crippen LogP contribution is -2.13. The van der Waals surface area contributed by atoms with Gasteiger partial charge in [-0.25, -0.2) is 9.97 Å². The lowest BCUT2D eigenvalue weighted by atomic mass is 10.1. The van der Waals surface area contributed by atoms with Gasteiger partial charge in [0.1, 0.15) is 5.82 Å². The zero-order valence-electron chi connectivity index (χ0n) is 18.8. The van der Waals surface area contributed by atoms with Crippen LogP contribution in [0.2, 0.25) is 0 Å². The summed E-state index contributed by atoms with van der Waals surface area (Å²) in [5.41, 5.74) is 1.32. The number of aromatic nitrogens is 5. The Balaban J connectivity index is 1.43. The van der Waals surface area contributed by atoms with Crippen LogP contribution in [0.1, 0.15) is 15.9 Å². The first kappa shape index (κ1) is 23.0. The van der Waals surface area contributed by atoms with E-state index in [4.69, 9.17) is 0 Å². The van der Waals surface area contributed by atoms with Crippen LogP contribution < -0.4 is 10.6 Å². The van der Waals surface area contributed by atoms with Gasteiger partial charge in [-0.05, 0) is 48.5 Å². The third-order valence-electron chi connectivity index (χ3n) is 5.35. The molecule has 0 atom stereocenters. The Morgan fingerprint density at radius 2 is 1.75 bits per heavy atom. The highest BCUT2D eigenvalue weighted by Gasteiger charge is 2.30. The number of nitrogens with zero attached hydrogens (tertiary/aromatic N) is 5. The Labute approximate surface area is 202 Å². The van der Waals surface area contributed by atoms with Crippen molar-refractivity contribution in [1.82, 2.24) is 24.7 Å². The van der Waals surface area contributed by atoms with Crippen molar-refractivity contribution in [2.45, 2.75) is 6.18 Å². The first-order valence-corrected chi connectivity index (χ1v) is 10.7. The molecule has 2 aromatic carbocycles. The number of fused-ring (bicyclic) bond motifs is 1. The van der Waals surface area contributed by atoms with Crippen LogP contribution in [0.4, 0.5) is 30.4 Å². The fourth-order valence-electron chi connectivity index (χ4n) is 3.59. The maximum Gasteiger partial charge on any atom is 0.416 e. The van der Waals surface area contributed by atoms with Gasteiger partial charge in [-0.3, -0.25) is 14.5 Å². The largest absolute Gasteiger partial charge is 0.416 e. The molecule has 3 aromatic heterocycles. The third kappa shape index (κ3) is 4.71. The van der Waals surface area contributed by atoms with Crippen molar-refractivity contribution >= 4 is 34.1 Å². The molecule has 0 unspecified atom stereocenters. The lowest BCUT2D eigenvalue weighted by Gasteiger charge is -2.12. The molecular formula is C25H18F3N7O. The van der Waals surface area contributed by atoms with Crippen LogP contribution in [0.25, 0.3) is 22.4 Å². The van der Waals surface area contributed by atoms with E-state index in [0.29, 0.717) is 28.4 Å². The standard InChI is InChI=1S/C25H18F3N7O/c1-35-23-20(14-30-35)22(33-21(34-23)16-6-4-10-29-13-16)31-18-8-2-5-15(11-18)24(36)32-19-9-3-7-17(12-19)25(26,27)28/h2-14H,1H3,(H,32,36)(H,31,33,34). The number of halogens is 3. The highest BCUT2D eigenvalue weighted by Crippen LogP contribution is 2.31. The molecule has 1 amide bonds. The molecule has 0 bridgehead atoms. The molecular weight excluding hydrogens is 471 g/mol. The van der Waals surface area contributed by atoms with Crippen LogP contribution in [0.3, 0.4) is 0 Å². The van der Waals surface area contributed by atoms with Gasteiger partial charge in [0.05, 0.1) is 17.1 Å². The molecule has 0 aliphatic heterocycles. The number of aryl methyl sites for hydroxylation is 1. The molecule has 5 rings (SSSR count). The number of carbonyl (C=O) groups excluding carboxylic acids is 1. The summed E-state index contributed by atoms with van der Waals surface area (Å²) in [4.78, 5) is 26.1. The maximum atomic E-state index is 13.0. The topological polar surface area (TPSA) is 97.6 Å². The van der Waals surface area contributed by atoms with Crippen molar-refractivity contribution in [1.29, 1.82) is 0 Å². The van der Waals surface area contributed by atoms with Gasteiger partial charge in [0, 0.05) is 41.9 Å². The van der Waals surface area contributed by atoms with Crippen LogP contribution in [0.15, 0.2) is 79.3 Å². The second kappa shape index (κ2) is 9.10. The van der Waals surface area contributed by atoms with Crippen LogP contribution in [-0.2, 0) is 13.2 Å². The minimum atomic E-state index is -4.51. The molecule has 11 heteroatoms. The number of hydrogen-bond acceptors (Lipinski definition) is 6. The van der Waals surface area contributed by atoms with Crippen molar-refractivity contribution < 1.29 is 18.0 Å². The molecule has 0 fully saturated rings. The number of pyridine rings is 1. The summed E-state index contributed by atoms with van der Waals surface area (Å²) in [6, 6.07) is 14.6. The minimum absolute atomic E-state index is 0.0437. The summed E-state index contributed by atoms with van der Waals surface area (Å²) in [6.07, 6.45) is 0.435. The molecule has 0 radical (unpaired) electrons. The first-order chi connectivity index (χ1) is 17.3. The van der Waals surface area contributed by atoms with Crippen molar-refractivity contribution in [3.05, 3.63) is 90.4 Å². The van der Waals surface area contributed by atoms with Gasteiger partial charge in [0.25, 0.3) is 5.91 Å². The number of anilines is 3. The van der Waals surface area contributed by atoms with Gasteiger partial charge in [0.2, 0.25) is 0 Å². The second-order valence-electron chi connectivity index (χ2n) is 7.88. The predicted octanol–water partition coefficient (Wildman–Crippen LogP) is 5.44. The summed E-state index contributed by atoms with van der Waals surface area (Å²) in [5, 5.41) is 10.7. The van der Waals surface area contributed by atoms with E-state index in [2.05, 4.69) is 30.7 Å². The van der Waals surface area contributed by atoms with Gasteiger partial charge in [0.15, 0.2) is 11.5 Å². The number of rotatable bonds is 5. The van der Waals surface area contributed by atoms with E-state index in [1.807, 2.05) is 6.07 Å². The Morgan fingerprint density at radius 1 is 0.944 bits per heavy atom. The predicted molar refractivity (Wildman–Crippen MR) is 129 cm³/mol. The second-order valence-corrected chi connectivity index (χ2v) is 7.88. The summed E-state index contributed by atoms with van der Waals surface area (Å²) in [7, 11) is 1.77. The van der Waals surface area contributed by atoms with Crippen LogP contribution >= 0.6 is 0 Å². The fourth-order valence-corrected chi connectivity index (χ4v) is 3.59. The fraction of sp³-hybridized carbons (Fsp3) is 0.0800. The Morgan fingerprint density at radius 3 is 2.53 bits per heavy atom. The molecule has 36 heavy (non-hydrogen) atoms. The van der Waals surface area contributed by atoms with Crippen molar-refractivity contribution in [2.24, 2.45) is 7.05 Å². The molecule has 5 aromatic rings. The van der Waals surface area contributed by atoms with E-state index >= 15 is 0 Å². The lowest BCUT2D eigenvalue weighted by molar-refractivity contribution is -0.137. The quantitative estimate of drug-likeness (QED) is 0.341. The van der Waals surface area contributed by atoms with Gasteiger partial charge in [-0.1, -0.05) is 12.1 Å². The van der Waals surface area contributed by atoms with Crippen molar-refractivity contribution in [2.75, 3.05) is 10.6 Å². The summed E-state index contributed by atoms with van der Waals surface area (Å²) in [6.45, 7) is 0. The summed E-state index contributed by atoms with van der Waals surface area (Å²) >= 11 is 0. The first-order valence-electron chi connectivity index (χ1n) is 10.7. The molecule has 8 nitrogen and oxygen atoms in total. The van der Waals surface area contributed by atoms with E-state index in [0.717, 1.165) is 17.7 Å². The van der Waals surface area contributed by atoms with E-state index in [1.165, 1.54) is 12.1 Å².